The number of nitriles is 1. The summed E-state index contributed by atoms with van der Waals surface area (Å²) in [6, 6.07) is 1.92. The first-order chi connectivity index (χ1) is 7.37. The molecule has 0 saturated carbocycles. The fraction of sp³-hybridized carbons (Fsp3) is 0.833. The maximum absolute atomic E-state index is 12.2. The topological polar surface area (TPSA) is 56.1 Å². The van der Waals surface area contributed by atoms with Crippen LogP contribution in [0.25, 0.3) is 0 Å². The molecule has 1 saturated heterocycles. The fourth-order valence-electron chi connectivity index (χ4n) is 1.97. The zero-order valence-electron chi connectivity index (χ0n) is 10.6. The standard InChI is InChI=1S/C12H21N3O/c1-9(2)15-8-12(3,4)7-14-10(5-6-13)11(15)16/h9-10,14H,5,7-8H2,1-4H3. The maximum atomic E-state index is 12.2. The van der Waals surface area contributed by atoms with Crippen LogP contribution in [0.4, 0.5) is 0 Å². The molecule has 1 rings (SSSR count). The quantitative estimate of drug-likeness (QED) is 0.763. The van der Waals surface area contributed by atoms with E-state index < -0.39 is 0 Å². The third-order valence-corrected chi connectivity index (χ3v) is 2.93. The molecule has 1 atom stereocenters. The largest absolute Gasteiger partial charge is 0.338 e. The zero-order chi connectivity index (χ0) is 12.3. The number of hydrogen-bond acceptors (Lipinski definition) is 3. The molecular weight excluding hydrogens is 202 g/mol. The third kappa shape index (κ3) is 2.96. The normalized spacial score (nSPS) is 25.4. The molecule has 1 aliphatic rings. The Morgan fingerprint density at radius 2 is 2.25 bits per heavy atom. The number of rotatable bonds is 2. The highest BCUT2D eigenvalue weighted by molar-refractivity contribution is 5.82. The summed E-state index contributed by atoms with van der Waals surface area (Å²) >= 11 is 0. The summed E-state index contributed by atoms with van der Waals surface area (Å²) in [7, 11) is 0. The van der Waals surface area contributed by atoms with Gasteiger partial charge in [-0.25, -0.2) is 0 Å². The van der Waals surface area contributed by atoms with Gasteiger partial charge in [-0.15, -0.1) is 0 Å². The molecule has 1 fully saturated rings. The van der Waals surface area contributed by atoms with E-state index >= 15 is 0 Å². The molecule has 16 heavy (non-hydrogen) atoms. The van der Waals surface area contributed by atoms with Crippen molar-refractivity contribution in [2.24, 2.45) is 5.41 Å². The second-order valence-electron chi connectivity index (χ2n) is 5.52. The van der Waals surface area contributed by atoms with E-state index in [2.05, 4.69) is 25.2 Å². The van der Waals surface area contributed by atoms with Gasteiger partial charge in [0.25, 0.3) is 0 Å². The monoisotopic (exact) mass is 223 g/mol. The van der Waals surface area contributed by atoms with E-state index in [1.54, 1.807) is 0 Å². The SMILES string of the molecule is CC(C)N1CC(C)(C)CNC(CC#N)C1=O. The Morgan fingerprint density at radius 3 is 2.75 bits per heavy atom. The van der Waals surface area contributed by atoms with Crippen molar-refractivity contribution in [1.82, 2.24) is 10.2 Å². The first-order valence-electron chi connectivity index (χ1n) is 5.78. The van der Waals surface area contributed by atoms with Gasteiger partial charge in [-0.1, -0.05) is 13.8 Å². The van der Waals surface area contributed by atoms with Crippen molar-refractivity contribution in [3.05, 3.63) is 0 Å². The van der Waals surface area contributed by atoms with Gasteiger partial charge in [0.1, 0.15) is 0 Å². The molecule has 0 aromatic heterocycles. The first kappa shape index (κ1) is 13.0. The van der Waals surface area contributed by atoms with Crippen molar-refractivity contribution in [2.45, 2.75) is 46.2 Å². The van der Waals surface area contributed by atoms with Crippen LogP contribution in [0.3, 0.4) is 0 Å². The van der Waals surface area contributed by atoms with E-state index in [1.807, 2.05) is 18.7 Å². The second kappa shape index (κ2) is 4.84. The summed E-state index contributed by atoms with van der Waals surface area (Å²) in [4.78, 5) is 14.1. The summed E-state index contributed by atoms with van der Waals surface area (Å²) in [5.74, 6) is 0.0575. The molecule has 0 bridgehead atoms. The molecule has 4 nitrogen and oxygen atoms in total. The van der Waals surface area contributed by atoms with Crippen molar-refractivity contribution in [2.75, 3.05) is 13.1 Å². The Balaban J connectivity index is 2.89. The molecular formula is C12H21N3O. The molecule has 4 heteroatoms. The molecule has 0 radical (unpaired) electrons. The van der Waals surface area contributed by atoms with E-state index in [4.69, 9.17) is 5.26 Å². The predicted octanol–water partition coefficient (Wildman–Crippen LogP) is 1.14. The van der Waals surface area contributed by atoms with E-state index in [0.29, 0.717) is 0 Å². The van der Waals surface area contributed by atoms with Crippen LogP contribution < -0.4 is 5.32 Å². The Morgan fingerprint density at radius 1 is 1.62 bits per heavy atom. The predicted molar refractivity (Wildman–Crippen MR) is 62.7 cm³/mol. The van der Waals surface area contributed by atoms with Crippen molar-refractivity contribution in [1.29, 1.82) is 5.26 Å². The van der Waals surface area contributed by atoms with Crippen LogP contribution in [0.15, 0.2) is 0 Å². The lowest BCUT2D eigenvalue weighted by Crippen LogP contribution is -2.46. The van der Waals surface area contributed by atoms with Gasteiger partial charge in [0.05, 0.1) is 18.5 Å². The number of carbonyl (C=O) groups is 1. The Kier molecular flexibility index (Phi) is 3.93. The Bertz CT molecular complexity index is 304. The summed E-state index contributed by atoms with van der Waals surface area (Å²) in [6.07, 6.45) is 0.248. The van der Waals surface area contributed by atoms with E-state index in [1.165, 1.54) is 0 Å². The lowest BCUT2D eigenvalue weighted by molar-refractivity contribution is -0.134. The van der Waals surface area contributed by atoms with Gasteiger partial charge in [-0.2, -0.15) is 5.26 Å². The smallest absolute Gasteiger partial charge is 0.241 e. The Hall–Kier alpha value is -1.08. The minimum atomic E-state index is -0.339. The third-order valence-electron chi connectivity index (χ3n) is 2.93. The molecule has 0 aliphatic carbocycles. The van der Waals surface area contributed by atoms with E-state index in [9.17, 15) is 4.79 Å². The van der Waals surface area contributed by atoms with Crippen LogP contribution in [0.2, 0.25) is 0 Å². The maximum Gasteiger partial charge on any atom is 0.241 e. The van der Waals surface area contributed by atoms with Gasteiger partial charge < -0.3 is 10.2 Å². The molecule has 1 aliphatic heterocycles. The van der Waals surface area contributed by atoms with Crippen LogP contribution >= 0.6 is 0 Å². The number of amides is 1. The molecule has 1 amide bonds. The summed E-state index contributed by atoms with van der Waals surface area (Å²) < 4.78 is 0. The average Bonchev–Trinajstić information content (AvgIpc) is 2.29. The van der Waals surface area contributed by atoms with Gasteiger partial charge >= 0.3 is 0 Å². The van der Waals surface area contributed by atoms with Crippen LogP contribution in [0.5, 0.6) is 0 Å². The van der Waals surface area contributed by atoms with Gasteiger partial charge in [0, 0.05) is 19.1 Å². The van der Waals surface area contributed by atoms with Gasteiger partial charge in [-0.3, -0.25) is 4.79 Å². The molecule has 1 unspecified atom stereocenters. The lowest BCUT2D eigenvalue weighted by Gasteiger charge is -2.32. The van der Waals surface area contributed by atoms with Gasteiger partial charge in [-0.05, 0) is 19.3 Å². The summed E-state index contributed by atoms with van der Waals surface area (Å²) in [6.45, 7) is 9.83. The van der Waals surface area contributed by atoms with Crippen LogP contribution in [-0.4, -0.2) is 36.0 Å². The molecule has 1 heterocycles. The highest BCUT2D eigenvalue weighted by Gasteiger charge is 2.35. The number of nitrogens with one attached hydrogen (secondary N) is 1. The van der Waals surface area contributed by atoms with Crippen molar-refractivity contribution >= 4 is 5.91 Å². The fourth-order valence-corrected chi connectivity index (χ4v) is 1.97. The van der Waals surface area contributed by atoms with Crippen LogP contribution in [0, 0.1) is 16.7 Å². The molecule has 90 valence electrons. The highest BCUT2D eigenvalue weighted by Crippen LogP contribution is 2.22. The van der Waals surface area contributed by atoms with Crippen LogP contribution in [-0.2, 0) is 4.79 Å². The zero-order valence-corrected chi connectivity index (χ0v) is 10.6. The van der Waals surface area contributed by atoms with Gasteiger partial charge in [0.15, 0.2) is 0 Å². The average molecular weight is 223 g/mol. The van der Waals surface area contributed by atoms with E-state index in [0.717, 1.165) is 13.1 Å². The van der Waals surface area contributed by atoms with Gasteiger partial charge in [0.2, 0.25) is 5.91 Å². The number of carbonyl (C=O) groups excluding carboxylic acids is 1. The molecule has 1 N–H and O–H groups in total. The Labute approximate surface area is 97.6 Å². The molecule has 0 aromatic carbocycles. The highest BCUT2D eigenvalue weighted by atomic mass is 16.2. The van der Waals surface area contributed by atoms with Crippen molar-refractivity contribution in [3.63, 3.8) is 0 Å². The minimum absolute atomic E-state index is 0.0575. The number of nitrogens with zero attached hydrogens (tertiary/aromatic N) is 2. The van der Waals surface area contributed by atoms with Crippen molar-refractivity contribution < 1.29 is 4.79 Å². The van der Waals surface area contributed by atoms with Crippen LogP contribution in [0.1, 0.15) is 34.1 Å². The lowest BCUT2D eigenvalue weighted by atomic mass is 9.93. The second-order valence-corrected chi connectivity index (χ2v) is 5.52. The minimum Gasteiger partial charge on any atom is -0.338 e. The van der Waals surface area contributed by atoms with Crippen molar-refractivity contribution in [3.8, 4) is 6.07 Å². The molecule has 0 aromatic rings. The first-order valence-corrected chi connectivity index (χ1v) is 5.78. The van der Waals surface area contributed by atoms with E-state index in [-0.39, 0.29) is 29.8 Å². The summed E-state index contributed by atoms with van der Waals surface area (Å²) in [5.41, 5.74) is 0.0597. The molecule has 0 spiro atoms. The summed E-state index contributed by atoms with van der Waals surface area (Å²) in [5, 5.41) is 11.9. The number of hydrogen-bond donors (Lipinski definition) is 1.